The van der Waals surface area contributed by atoms with Crippen LogP contribution in [0, 0.1) is 5.92 Å². The minimum absolute atomic E-state index is 0.124. The van der Waals surface area contributed by atoms with Crippen molar-refractivity contribution >= 4 is 34.9 Å². The van der Waals surface area contributed by atoms with Crippen LogP contribution in [0.1, 0.15) is 106 Å². The molecule has 3 aliphatic rings. The molecular formula is C37H54N4O3S. The molecule has 1 aromatic heterocycles. The number of rotatable bonds is 5. The highest BCUT2D eigenvalue weighted by Gasteiger charge is 2.35. The number of benzene rings is 2. The average molecular weight is 635 g/mol. The summed E-state index contributed by atoms with van der Waals surface area (Å²) < 4.78 is 7.13. The van der Waals surface area contributed by atoms with E-state index in [2.05, 4.69) is 53.5 Å². The number of piperidine rings is 1. The maximum Gasteiger partial charge on any atom is 0.262 e. The fourth-order valence-corrected chi connectivity index (χ4v) is 7.44. The lowest BCUT2D eigenvalue weighted by atomic mass is 9.81. The molecule has 8 heteroatoms. The summed E-state index contributed by atoms with van der Waals surface area (Å²) in [5, 5.41) is 11.5. The Labute approximate surface area is 275 Å². The number of amides is 2. The predicted octanol–water partition coefficient (Wildman–Crippen LogP) is 7.81. The van der Waals surface area contributed by atoms with Crippen molar-refractivity contribution in [1.82, 2.24) is 18.5 Å². The van der Waals surface area contributed by atoms with Gasteiger partial charge in [-0.1, -0.05) is 83.7 Å². The Morgan fingerprint density at radius 2 is 1.69 bits per heavy atom. The molecule has 0 bridgehead atoms. The van der Waals surface area contributed by atoms with E-state index in [1.807, 2.05) is 49.3 Å². The Bertz CT molecular complexity index is 1430. The number of aliphatic hydroxyl groups is 1. The number of nitrogens with zero attached hydrogens (tertiary/aromatic N) is 3. The van der Waals surface area contributed by atoms with Crippen molar-refractivity contribution in [2.45, 2.75) is 104 Å². The molecule has 3 heterocycles. The minimum atomic E-state index is -0.447. The highest BCUT2D eigenvalue weighted by molar-refractivity contribution is 7.95. The number of hydrogen-bond acceptors (Lipinski definition) is 5. The van der Waals surface area contributed by atoms with Gasteiger partial charge in [-0.05, 0) is 75.4 Å². The number of hydrogen-bond donors (Lipinski definition) is 2. The summed E-state index contributed by atoms with van der Waals surface area (Å²) in [5.41, 5.74) is 6.69. The van der Waals surface area contributed by atoms with Crippen LogP contribution in [0.2, 0.25) is 0 Å². The smallest absolute Gasteiger partial charge is 0.262 e. The van der Waals surface area contributed by atoms with Gasteiger partial charge in [0.05, 0.1) is 17.7 Å². The van der Waals surface area contributed by atoms with Gasteiger partial charge >= 0.3 is 0 Å². The minimum Gasteiger partial charge on any atom is -0.391 e. The second-order valence-electron chi connectivity index (χ2n) is 12.6. The molecule has 3 aromatic rings. The summed E-state index contributed by atoms with van der Waals surface area (Å²) in [6.45, 7) is 9.93. The van der Waals surface area contributed by atoms with Gasteiger partial charge in [0.15, 0.2) is 0 Å². The van der Waals surface area contributed by atoms with E-state index in [1.54, 1.807) is 0 Å². The number of aliphatic hydroxyl groups excluding tert-OH is 1. The summed E-state index contributed by atoms with van der Waals surface area (Å²) in [6.07, 6.45) is 9.17. The molecule has 1 saturated carbocycles. The molecule has 2 aliphatic heterocycles. The molecule has 1 saturated heterocycles. The Balaban J connectivity index is 0.000000871. The number of aromatic nitrogens is 1. The topological polar surface area (TPSA) is 77.8 Å². The molecule has 45 heavy (non-hydrogen) atoms. The van der Waals surface area contributed by atoms with E-state index in [0.29, 0.717) is 37.5 Å². The lowest BCUT2D eigenvalue weighted by molar-refractivity contribution is -0.139. The molecule has 246 valence electrons. The average Bonchev–Trinajstić information content (AvgIpc) is 3.27. The maximum absolute atomic E-state index is 14.0. The molecule has 2 fully saturated rings. The van der Waals surface area contributed by atoms with Crippen LogP contribution < -0.4 is 4.72 Å². The second kappa shape index (κ2) is 16.7. The van der Waals surface area contributed by atoms with Crippen LogP contribution in [0.25, 0.3) is 22.2 Å². The second-order valence-corrected chi connectivity index (χ2v) is 13.7. The zero-order valence-electron chi connectivity index (χ0n) is 28.3. The highest BCUT2D eigenvalue weighted by atomic mass is 32.2. The Morgan fingerprint density at radius 1 is 0.978 bits per heavy atom. The van der Waals surface area contributed by atoms with E-state index in [1.165, 1.54) is 78.4 Å². The normalized spacial score (nSPS) is 19.8. The number of likely N-dealkylation sites (tertiary alicyclic amines) is 1. The third-order valence-corrected chi connectivity index (χ3v) is 9.54. The van der Waals surface area contributed by atoms with Gasteiger partial charge in [0.2, 0.25) is 5.91 Å². The van der Waals surface area contributed by atoms with Gasteiger partial charge in [0.25, 0.3) is 5.91 Å². The molecule has 6 rings (SSSR count). The molecule has 2 unspecified atom stereocenters. The predicted molar refractivity (Wildman–Crippen MR) is 188 cm³/mol. The van der Waals surface area contributed by atoms with Crippen LogP contribution in [0.5, 0.6) is 0 Å². The van der Waals surface area contributed by atoms with E-state index in [0.717, 1.165) is 18.4 Å². The van der Waals surface area contributed by atoms with Gasteiger partial charge in [-0.3, -0.25) is 14.3 Å². The zero-order chi connectivity index (χ0) is 32.5. The number of carbonyl (C=O) groups excluding carboxylic acids is 2. The summed E-state index contributed by atoms with van der Waals surface area (Å²) in [4.78, 5) is 28.9. The van der Waals surface area contributed by atoms with E-state index >= 15 is 0 Å². The number of fused-ring (bicyclic) bond motifs is 5. The SMILES string of the molecule is CC.CCC.CN(C)SNC(=O)c1ccc2c(C3CCCCC3)c3n(c2c1)CC(C(=O)N1CCCC(O)C1)Cc1ccccc1-3. The summed E-state index contributed by atoms with van der Waals surface area (Å²) in [6, 6.07) is 14.7. The van der Waals surface area contributed by atoms with Crippen LogP contribution in [0.3, 0.4) is 0 Å². The number of β-amino-alcohol motifs (C(OH)–C–C–N with tert-alkyl or cyclic N) is 1. The van der Waals surface area contributed by atoms with E-state index in [9.17, 15) is 14.7 Å². The van der Waals surface area contributed by atoms with Crippen molar-refractivity contribution < 1.29 is 14.7 Å². The van der Waals surface area contributed by atoms with Crippen LogP contribution in [0.4, 0.5) is 0 Å². The Morgan fingerprint density at radius 3 is 2.38 bits per heavy atom. The molecule has 2 aromatic carbocycles. The third kappa shape index (κ3) is 8.13. The van der Waals surface area contributed by atoms with Gasteiger partial charge in [-0.25, -0.2) is 4.31 Å². The van der Waals surface area contributed by atoms with Crippen LogP contribution in [0.15, 0.2) is 42.5 Å². The van der Waals surface area contributed by atoms with Gasteiger partial charge in [-0.15, -0.1) is 0 Å². The molecule has 7 nitrogen and oxygen atoms in total. The van der Waals surface area contributed by atoms with Crippen molar-refractivity contribution in [3.63, 3.8) is 0 Å². The first-order chi connectivity index (χ1) is 21.8. The molecular weight excluding hydrogens is 580 g/mol. The van der Waals surface area contributed by atoms with Gasteiger partial charge in [0, 0.05) is 53.8 Å². The van der Waals surface area contributed by atoms with E-state index in [-0.39, 0.29) is 17.7 Å². The van der Waals surface area contributed by atoms with Gasteiger partial charge in [0.1, 0.15) is 0 Å². The summed E-state index contributed by atoms with van der Waals surface area (Å²) in [5.74, 6) is 0.233. The standard InChI is InChI=1S/C32H40N4O3S.C3H8.C2H6/c1-34(2)40-33-31(38)23-14-15-27-28(18-23)36-19-24(32(39)35-16-8-12-25(37)20-35)17-22-11-6-7-13-26(22)30(36)29(27)21-9-4-3-5-10-21;1-3-2;1-2/h6-7,11,13-15,18,21,24-25,37H,3-5,8-10,12,16-17,19-20H2,1-2H3,(H,33,38);3H2,1-2H3;1-2H3. The van der Waals surface area contributed by atoms with Crippen molar-refractivity contribution in [2.75, 3.05) is 27.2 Å². The lowest BCUT2D eigenvalue weighted by Gasteiger charge is -2.33. The van der Waals surface area contributed by atoms with Gasteiger partial charge < -0.3 is 14.6 Å². The lowest BCUT2D eigenvalue weighted by Crippen LogP contribution is -2.46. The fourth-order valence-electron chi connectivity index (χ4n) is 7.05. The Kier molecular flexibility index (Phi) is 13.0. The van der Waals surface area contributed by atoms with Crippen molar-refractivity contribution in [3.8, 4) is 11.3 Å². The molecule has 2 atom stereocenters. The van der Waals surface area contributed by atoms with Gasteiger partial charge in [-0.2, -0.15) is 0 Å². The molecule has 0 spiro atoms. The third-order valence-electron chi connectivity index (χ3n) is 8.90. The highest BCUT2D eigenvalue weighted by Crippen LogP contribution is 2.47. The molecule has 2 N–H and O–H groups in total. The summed E-state index contributed by atoms with van der Waals surface area (Å²) >= 11 is 1.27. The Hall–Kier alpha value is -2.81. The first kappa shape index (κ1) is 35.1. The summed E-state index contributed by atoms with van der Waals surface area (Å²) in [7, 11) is 3.79. The molecule has 1 aliphatic carbocycles. The monoisotopic (exact) mass is 634 g/mol. The van der Waals surface area contributed by atoms with Crippen LogP contribution in [-0.2, 0) is 17.8 Å². The van der Waals surface area contributed by atoms with Crippen molar-refractivity contribution in [2.24, 2.45) is 5.92 Å². The van der Waals surface area contributed by atoms with Crippen molar-refractivity contribution in [1.29, 1.82) is 0 Å². The largest absolute Gasteiger partial charge is 0.391 e. The number of nitrogens with one attached hydrogen (secondary N) is 1. The fraction of sp³-hybridized carbons (Fsp3) is 0.568. The quantitative estimate of drug-likeness (QED) is 0.280. The van der Waals surface area contributed by atoms with Crippen molar-refractivity contribution in [3.05, 3.63) is 59.2 Å². The van der Waals surface area contributed by atoms with Crippen LogP contribution in [-0.4, -0.2) is 64.0 Å². The molecule has 2 amide bonds. The zero-order valence-corrected chi connectivity index (χ0v) is 29.1. The number of carbonyl (C=O) groups is 2. The maximum atomic E-state index is 14.0. The van der Waals surface area contributed by atoms with Crippen LogP contribution >= 0.6 is 12.1 Å². The van der Waals surface area contributed by atoms with E-state index < -0.39 is 6.10 Å². The first-order valence-electron chi connectivity index (χ1n) is 17.2. The van der Waals surface area contributed by atoms with E-state index in [4.69, 9.17) is 0 Å². The molecule has 0 radical (unpaired) electrons. The first-order valence-corrected chi connectivity index (χ1v) is 18.0.